The van der Waals surface area contributed by atoms with Crippen LogP contribution < -0.4 is 15.2 Å². The van der Waals surface area contributed by atoms with E-state index in [-0.39, 0.29) is 30.9 Å². The molecule has 1 aliphatic rings. The van der Waals surface area contributed by atoms with E-state index in [2.05, 4.69) is 4.98 Å². The van der Waals surface area contributed by atoms with Crippen LogP contribution in [0.1, 0.15) is 29.6 Å². The lowest BCUT2D eigenvalue weighted by Crippen LogP contribution is -2.18. The van der Waals surface area contributed by atoms with Crippen LogP contribution >= 0.6 is 0 Å². The number of H-pyrrole nitrogens is 1. The topological polar surface area (TPSA) is 99.6 Å². The third-order valence-electron chi connectivity index (χ3n) is 4.89. The molecule has 0 spiro atoms. The Balaban J connectivity index is 1.22. The van der Waals surface area contributed by atoms with Gasteiger partial charge in [-0.15, -0.1) is 0 Å². The molecule has 1 N–H and O–H groups in total. The van der Waals surface area contributed by atoms with Crippen molar-refractivity contribution in [1.82, 2.24) is 9.55 Å². The van der Waals surface area contributed by atoms with E-state index in [1.165, 1.54) is 0 Å². The van der Waals surface area contributed by atoms with Gasteiger partial charge in [-0.1, -0.05) is 12.1 Å². The Kier molecular flexibility index (Phi) is 5.83. The van der Waals surface area contributed by atoms with Crippen molar-refractivity contribution in [2.24, 2.45) is 0 Å². The van der Waals surface area contributed by atoms with Crippen molar-refractivity contribution in [2.75, 3.05) is 19.8 Å². The number of carbonyl (C=O) groups is 2. The van der Waals surface area contributed by atoms with Gasteiger partial charge in [-0.05, 0) is 36.8 Å². The molecule has 0 unspecified atom stereocenters. The van der Waals surface area contributed by atoms with Gasteiger partial charge in [0, 0.05) is 18.5 Å². The number of aryl methyl sites for hydroxylation is 1. The molecule has 8 nitrogen and oxygen atoms in total. The normalized spacial score (nSPS) is 12.7. The van der Waals surface area contributed by atoms with Gasteiger partial charge in [0.2, 0.25) is 0 Å². The van der Waals surface area contributed by atoms with Gasteiger partial charge in [0.15, 0.2) is 17.3 Å². The van der Waals surface area contributed by atoms with E-state index in [4.69, 9.17) is 14.2 Å². The van der Waals surface area contributed by atoms with Crippen molar-refractivity contribution in [3.8, 4) is 11.5 Å². The van der Waals surface area contributed by atoms with Crippen LogP contribution in [0, 0.1) is 0 Å². The summed E-state index contributed by atoms with van der Waals surface area (Å²) < 4.78 is 17.7. The van der Waals surface area contributed by atoms with E-state index in [0.29, 0.717) is 43.2 Å². The molecule has 1 aromatic heterocycles. The Hall–Kier alpha value is -3.55. The van der Waals surface area contributed by atoms with Gasteiger partial charge < -0.3 is 19.2 Å². The number of carbonyl (C=O) groups excluding carboxylic acids is 2. The number of esters is 1. The molecule has 0 atom stereocenters. The first-order chi connectivity index (χ1) is 14.6. The van der Waals surface area contributed by atoms with E-state index in [1.807, 2.05) is 24.3 Å². The molecular weight excluding hydrogens is 388 g/mol. The monoisotopic (exact) mass is 410 g/mol. The molecule has 0 amide bonds. The molecule has 0 aliphatic carbocycles. The summed E-state index contributed by atoms with van der Waals surface area (Å²) in [6.07, 6.45) is 0.560. The summed E-state index contributed by atoms with van der Waals surface area (Å²) in [6.45, 7) is 1.55. The van der Waals surface area contributed by atoms with Crippen molar-refractivity contribution in [3.63, 3.8) is 0 Å². The number of fused-ring (bicyclic) bond motifs is 2. The highest BCUT2D eigenvalue weighted by Gasteiger charge is 2.16. The van der Waals surface area contributed by atoms with Gasteiger partial charge in [0.25, 0.3) is 0 Å². The molecule has 0 bridgehead atoms. The molecule has 1 aliphatic heterocycles. The van der Waals surface area contributed by atoms with Gasteiger partial charge in [-0.3, -0.25) is 14.2 Å². The fourth-order valence-corrected chi connectivity index (χ4v) is 3.39. The summed E-state index contributed by atoms with van der Waals surface area (Å²) >= 11 is 0. The number of nitrogens with zero attached hydrogens (tertiary/aromatic N) is 1. The number of para-hydroxylation sites is 2. The lowest BCUT2D eigenvalue weighted by atomic mass is 10.1. The van der Waals surface area contributed by atoms with Crippen LogP contribution in [0.25, 0.3) is 11.0 Å². The summed E-state index contributed by atoms with van der Waals surface area (Å²) in [7, 11) is 0. The zero-order chi connectivity index (χ0) is 20.9. The van der Waals surface area contributed by atoms with E-state index in [1.54, 1.807) is 22.8 Å². The second-order valence-electron chi connectivity index (χ2n) is 6.95. The van der Waals surface area contributed by atoms with Crippen LogP contribution in [0.3, 0.4) is 0 Å². The molecule has 4 rings (SSSR count). The SMILES string of the molecule is O=C(CCC(=O)c1ccc2c(c1)OCCO2)OCCCn1c(=O)[nH]c2ccccc21. The Labute approximate surface area is 172 Å². The van der Waals surface area contributed by atoms with Crippen molar-refractivity contribution in [2.45, 2.75) is 25.8 Å². The second-order valence-corrected chi connectivity index (χ2v) is 6.95. The smallest absolute Gasteiger partial charge is 0.326 e. The van der Waals surface area contributed by atoms with Crippen molar-refractivity contribution >= 4 is 22.8 Å². The number of nitrogens with one attached hydrogen (secondary N) is 1. The van der Waals surface area contributed by atoms with Gasteiger partial charge in [0.1, 0.15) is 13.2 Å². The number of aromatic nitrogens is 2. The summed E-state index contributed by atoms with van der Waals surface area (Å²) in [5.41, 5.74) is 1.88. The molecule has 0 fully saturated rings. The summed E-state index contributed by atoms with van der Waals surface area (Å²) in [6, 6.07) is 12.4. The highest BCUT2D eigenvalue weighted by molar-refractivity contribution is 5.98. The zero-order valence-corrected chi connectivity index (χ0v) is 16.4. The minimum absolute atomic E-state index is 0.000307. The molecule has 156 valence electrons. The predicted octanol–water partition coefficient (Wildman–Crippen LogP) is 2.70. The predicted molar refractivity (Wildman–Crippen MR) is 109 cm³/mol. The largest absolute Gasteiger partial charge is 0.486 e. The van der Waals surface area contributed by atoms with Crippen LogP contribution in [-0.4, -0.2) is 41.1 Å². The number of hydrogen-bond donors (Lipinski definition) is 1. The average Bonchev–Trinajstić information content (AvgIpc) is 3.09. The molecule has 0 saturated carbocycles. The minimum Gasteiger partial charge on any atom is -0.486 e. The van der Waals surface area contributed by atoms with Crippen LogP contribution in [-0.2, 0) is 16.1 Å². The fraction of sp³-hybridized carbons (Fsp3) is 0.318. The van der Waals surface area contributed by atoms with E-state index in [9.17, 15) is 14.4 Å². The number of ketones is 1. The van der Waals surface area contributed by atoms with Crippen LogP contribution in [0.4, 0.5) is 0 Å². The van der Waals surface area contributed by atoms with E-state index in [0.717, 1.165) is 11.0 Å². The second kappa shape index (κ2) is 8.86. The molecule has 2 aromatic carbocycles. The van der Waals surface area contributed by atoms with Crippen LogP contribution in [0.15, 0.2) is 47.3 Å². The number of benzene rings is 2. The first kappa shape index (κ1) is 19.8. The first-order valence-corrected chi connectivity index (χ1v) is 9.88. The van der Waals surface area contributed by atoms with Crippen LogP contribution in [0.5, 0.6) is 11.5 Å². The fourth-order valence-electron chi connectivity index (χ4n) is 3.39. The molecule has 2 heterocycles. The van der Waals surface area contributed by atoms with Gasteiger partial charge in [-0.2, -0.15) is 0 Å². The summed E-state index contributed by atoms with van der Waals surface area (Å²) in [5.74, 6) is 0.565. The maximum absolute atomic E-state index is 12.3. The van der Waals surface area contributed by atoms with E-state index >= 15 is 0 Å². The maximum atomic E-state index is 12.3. The first-order valence-electron chi connectivity index (χ1n) is 9.88. The van der Waals surface area contributed by atoms with Gasteiger partial charge >= 0.3 is 11.7 Å². The molecule has 3 aromatic rings. The third kappa shape index (κ3) is 4.37. The maximum Gasteiger partial charge on any atom is 0.326 e. The molecular formula is C22H22N2O6. The van der Waals surface area contributed by atoms with Gasteiger partial charge in [-0.25, -0.2) is 4.79 Å². The Morgan fingerprint density at radius 1 is 1.03 bits per heavy atom. The third-order valence-corrected chi connectivity index (χ3v) is 4.89. The average molecular weight is 410 g/mol. The minimum atomic E-state index is -0.438. The highest BCUT2D eigenvalue weighted by Crippen LogP contribution is 2.31. The number of rotatable bonds is 8. The summed E-state index contributed by atoms with van der Waals surface area (Å²) in [5, 5.41) is 0. The van der Waals surface area contributed by atoms with E-state index < -0.39 is 5.97 Å². The molecule has 0 saturated heterocycles. The van der Waals surface area contributed by atoms with Gasteiger partial charge in [0.05, 0.1) is 24.1 Å². The number of ether oxygens (including phenoxy) is 3. The zero-order valence-electron chi connectivity index (χ0n) is 16.4. The molecule has 8 heteroatoms. The Bertz CT molecular complexity index is 1130. The summed E-state index contributed by atoms with van der Waals surface area (Å²) in [4.78, 5) is 39.1. The van der Waals surface area contributed by atoms with Crippen molar-refractivity contribution < 1.29 is 23.8 Å². The quantitative estimate of drug-likeness (QED) is 0.348. The molecule has 30 heavy (non-hydrogen) atoms. The lowest BCUT2D eigenvalue weighted by Gasteiger charge is -2.18. The highest BCUT2D eigenvalue weighted by atomic mass is 16.6. The van der Waals surface area contributed by atoms with Crippen LogP contribution in [0.2, 0.25) is 0 Å². The van der Waals surface area contributed by atoms with Crippen molar-refractivity contribution in [1.29, 1.82) is 0 Å². The van der Waals surface area contributed by atoms with Crippen molar-refractivity contribution in [3.05, 3.63) is 58.5 Å². The Morgan fingerprint density at radius 2 is 1.83 bits per heavy atom. The molecule has 0 radical (unpaired) electrons. The standard InChI is InChI=1S/C22H22N2O6/c25-18(15-6-8-19-20(14-15)29-13-12-28-19)7-9-21(26)30-11-3-10-24-17-5-2-1-4-16(17)23-22(24)27/h1-2,4-6,8,14H,3,7,9-13H2,(H,23,27). The lowest BCUT2D eigenvalue weighted by molar-refractivity contribution is -0.143. The Morgan fingerprint density at radius 3 is 2.70 bits per heavy atom. The number of hydrogen-bond acceptors (Lipinski definition) is 6. The number of aromatic amines is 1. The number of Topliss-reactive ketones (excluding diaryl/α,β-unsaturated/α-hetero) is 1. The number of imidazole rings is 1.